The van der Waals surface area contributed by atoms with Crippen LogP contribution in [-0.4, -0.2) is 42.4 Å². The second-order valence-corrected chi connectivity index (χ2v) is 4.72. The lowest BCUT2D eigenvalue weighted by Crippen LogP contribution is -2.35. The van der Waals surface area contributed by atoms with Crippen LogP contribution in [0.15, 0.2) is 24.3 Å². The van der Waals surface area contributed by atoms with Gasteiger partial charge in [0.1, 0.15) is 6.10 Å². The third kappa shape index (κ3) is 3.12. The number of aryl methyl sites for hydroxylation is 1. The fraction of sp³-hybridized carbons (Fsp3) is 0.429. The van der Waals surface area contributed by atoms with E-state index >= 15 is 0 Å². The molecule has 20 heavy (non-hydrogen) atoms. The molecule has 0 aliphatic carbocycles. The van der Waals surface area contributed by atoms with Crippen LogP contribution in [0.2, 0.25) is 0 Å². The van der Waals surface area contributed by atoms with Crippen LogP contribution in [0.25, 0.3) is 0 Å². The van der Waals surface area contributed by atoms with Gasteiger partial charge in [-0.2, -0.15) is 8.78 Å². The molecule has 6 heteroatoms. The van der Waals surface area contributed by atoms with Crippen molar-refractivity contribution >= 4 is 11.9 Å². The van der Waals surface area contributed by atoms with Crippen LogP contribution >= 0.6 is 0 Å². The van der Waals surface area contributed by atoms with Crippen molar-refractivity contribution in [3.8, 4) is 0 Å². The Labute approximate surface area is 115 Å². The molecule has 0 spiro atoms. The Balaban J connectivity index is 1.94. The molecule has 1 aliphatic heterocycles. The molecular formula is C14H15F2NO3. The average Bonchev–Trinajstić information content (AvgIpc) is 2.86. The average molecular weight is 283 g/mol. The van der Waals surface area contributed by atoms with Gasteiger partial charge < -0.3 is 9.64 Å². The third-order valence-electron chi connectivity index (χ3n) is 3.28. The molecule has 1 aromatic carbocycles. The van der Waals surface area contributed by atoms with Crippen LogP contribution in [0.4, 0.5) is 8.78 Å². The predicted octanol–water partition coefficient (Wildman–Crippen LogP) is 2.02. The number of nitrogens with zero attached hydrogens (tertiary/aromatic N) is 1. The van der Waals surface area contributed by atoms with Gasteiger partial charge in [-0.3, -0.25) is 4.79 Å². The summed E-state index contributed by atoms with van der Waals surface area (Å²) in [4.78, 5) is 24.1. The first kappa shape index (κ1) is 14.4. The SMILES string of the molecule is Cc1ccccc1C(=O)O[C@H]1CCN(C(=O)C(F)F)C1. The number of ether oxygens (including phenoxy) is 1. The lowest BCUT2D eigenvalue weighted by Gasteiger charge is -2.16. The number of benzene rings is 1. The van der Waals surface area contributed by atoms with Crippen molar-refractivity contribution in [3.63, 3.8) is 0 Å². The summed E-state index contributed by atoms with van der Waals surface area (Å²) in [6.45, 7) is 2.01. The van der Waals surface area contributed by atoms with E-state index in [0.717, 1.165) is 10.5 Å². The summed E-state index contributed by atoms with van der Waals surface area (Å²) in [5.41, 5.74) is 1.24. The topological polar surface area (TPSA) is 46.6 Å². The van der Waals surface area contributed by atoms with E-state index in [0.29, 0.717) is 12.0 Å². The maximum Gasteiger partial charge on any atom is 0.338 e. The Bertz CT molecular complexity index is 519. The number of halogens is 2. The maximum absolute atomic E-state index is 12.3. The fourth-order valence-electron chi connectivity index (χ4n) is 2.18. The van der Waals surface area contributed by atoms with Gasteiger partial charge in [-0.05, 0) is 18.6 Å². The largest absolute Gasteiger partial charge is 0.457 e. The lowest BCUT2D eigenvalue weighted by atomic mass is 10.1. The number of likely N-dealkylation sites (tertiary alicyclic amines) is 1. The highest BCUT2D eigenvalue weighted by atomic mass is 19.3. The molecule has 1 saturated heterocycles. The van der Waals surface area contributed by atoms with Gasteiger partial charge in [-0.25, -0.2) is 4.79 Å². The number of amides is 1. The Hall–Kier alpha value is -1.98. The molecule has 0 unspecified atom stereocenters. The summed E-state index contributed by atoms with van der Waals surface area (Å²) in [6.07, 6.45) is -3.15. The smallest absolute Gasteiger partial charge is 0.338 e. The quantitative estimate of drug-likeness (QED) is 0.797. The van der Waals surface area contributed by atoms with Crippen LogP contribution in [0.5, 0.6) is 0 Å². The number of esters is 1. The number of carbonyl (C=O) groups excluding carboxylic acids is 2. The molecule has 0 radical (unpaired) electrons. The number of hydrogen-bond donors (Lipinski definition) is 0. The number of rotatable bonds is 3. The van der Waals surface area contributed by atoms with Gasteiger partial charge in [0.05, 0.1) is 12.1 Å². The van der Waals surface area contributed by atoms with Crippen molar-refractivity contribution in [2.24, 2.45) is 0 Å². The molecule has 0 aromatic heterocycles. The van der Waals surface area contributed by atoms with E-state index < -0.39 is 24.4 Å². The summed E-state index contributed by atoms with van der Waals surface area (Å²) in [5.74, 6) is -1.70. The molecule has 4 nitrogen and oxygen atoms in total. The van der Waals surface area contributed by atoms with Crippen LogP contribution < -0.4 is 0 Å². The molecule has 0 saturated carbocycles. The van der Waals surface area contributed by atoms with Crippen molar-refractivity contribution in [2.45, 2.75) is 25.9 Å². The predicted molar refractivity (Wildman–Crippen MR) is 67.6 cm³/mol. The van der Waals surface area contributed by atoms with Crippen LogP contribution in [-0.2, 0) is 9.53 Å². The summed E-state index contributed by atoms with van der Waals surface area (Å²) >= 11 is 0. The monoisotopic (exact) mass is 283 g/mol. The zero-order valence-electron chi connectivity index (χ0n) is 11.0. The zero-order chi connectivity index (χ0) is 14.7. The first-order valence-electron chi connectivity index (χ1n) is 6.32. The van der Waals surface area contributed by atoms with Crippen molar-refractivity contribution in [1.29, 1.82) is 0 Å². The first-order valence-corrected chi connectivity index (χ1v) is 6.32. The van der Waals surface area contributed by atoms with Gasteiger partial charge in [0.2, 0.25) is 0 Å². The van der Waals surface area contributed by atoms with Gasteiger partial charge in [0.25, 0.3) is 5.91 Å². The molecule has 0 bridgehead atoms. The van der Waals surface area contributed by atoms with Gasteiger partial charge in [-0.15, -0.1) is 0 Å². The molecular weight excluding hydrogens is 268 g/mol. The molecule has 1 atom stereocenters. The normalized spacial score (nSPS) is 18.4. The second-order valence-electron chi connectivity index (χ2n) is 4.72. The number of carbonyl (C=O) groups is 2. The minimum atomic E-state index is -3.01. The Morgan fingerprint density at radius 2 is 2.05 bits per heavy atom. The van der Waals surface area contributed by atoms with Gasteiger partial charge in [0.15, 0.2) is 0 Å². The van der Waals surface area contributed by atoms with Crippen LogP contribution in [0, 0.1) is 6.92 Å². The molecule has 1 aliphatic rings. The van der Waals surface area contributed by atoms with E-state index in [1.165, 1.54) is 0 Å². The number of hydrogen-bond acceptors (Lipinski definition) is 3. The van der Waals surface area contributed by atoms with E-state index in [9.17, 15) is 18.4 Å². The Morgan fingerprint density at radius 3 is 2.70 bits per heavy atom. The van der Waals surface area contributed by atoms with E-state index in [2.05, 4.69) is 0 Å². The summed E-state index contributed by atoms with van der Waals surface area (Å²) < 4.78 is 29.8. The van der Waals surface area contributed by atoms with Gasteiger partial charge in [-0.1, -0.05) is 18.2 Å². The van der Waals surface area contributed by atoms with Crippen molar-refractivity contribution in [2.75, 3.05) is 13.1 Å². The van der Waals surface area contributed by atoms with Crippen molar-refractivity contribution in [1.82, 2.24) is 4.90 Å². The zero-order valence-corrected chi connectivity index (χ0v) is 11.0. The molecule has 1 aromatic rings. The van der Waals surface area contributed by atoms with E-state index in [4.69, 9.17) is 4.74 Å². The lowest BCUT2D eigenvalue weighted by molar-refractivity contribution is -0.142. The van der Waals surface area contributed by atoms with E-state index in [1.54, 1.807) is 25.1 Å². The molecule has 1 heterocycles. The summed E-state index contributed by atoms with van der Waals surface area (Å²) in [7, 11) is 0. The highest BCUT2D eigenvalue weighted by Crippen LogP contribution is 2.18. The molecule has 108 valence electrons. The Morgan fingerprint density at radius 1 is 1.35 bits per heavy atom. The van der Waals surface area contributed by atoms with Crippen LogP contribution in [0.1, 0.15) is 22.3 Å². The molecule has 2 rings (SSSR count). The highest BCUT2D eigenvalue weighted by Gasteiger charge is 2.32. The minimum Gasteiger partial charge on any atom is -0.457 e. The highest BCUT2D eigenvalue weighted by molar-refractivity contribution is 5.91. The summed E-state index contributed by atoms with van der Waals surface area (Å²) in [5, 5.41) is 0. The van der Waals surface area contributed by atoms with Crippen molar-refractivity contribution < 1.29 is 23.1 Å². The molecule has 1 amide bonds. The Kier molecular flexibility index (Phi) is 4.32. The molecule has 0 N–H and O–H groups in total. The maximum atomic E-state index is 12.3. The van der Waals surface area contributed by atoms with Crippen LogP contribution in [0.3, 0.4) is 0 Å². The van der Waals surface area contributed by atoms with Gasteiger partial charge >= 0.3 is 12.4 Å². The van der Waals surface area contributed by atoms with Crippen molar-refractivity contribution in [3.05, 3.63) is 35.4 Å². The second kappa shape index (κ2) is 5.98. The third-order valence-corrected chi connectivity index (χ3v) is 3.28. The molecule has 1 fully saturated rings. The fourth-order valence-corrected chi connectivity index (χ4v) is 2.18. The van der Waals surface area contributed by atoms with E-state index in [1.807, 2.05) is 6.07 Å². The van der Waals surface area contributed by atoms with Gasteiger partial charge in [0, 0.05) is 13.0 Å². The number of alkyl halides is 2. The minimum absolute atomic E-state index is 0.0286. The van der Waals surface area contributed by atoms with E-state index in [-0.39, 0.29) is 13.1 Å². The summed E-state index contributed by atoms with van der Waals surface area (Å²) in [6, 6.07) is 6.97. The first-order chi connectivity index (χ1) is 9.49. The standard InChI is InChI=1S/C14H15F2NO3/c1-9-4-2-3-5-11(9)14(19)20-10-6-7-17(8-10)13(18)12(15)16/h2-5,10,12H,6-8H2,1H3/t10-/m0/s1.